The number of hydrogen-bond acceptors (Lipinski definition) is 4. The highest BCUT2D eigenvalue weighted by Crippen LogP contribution is 2.38. The van der Waals surface area contributed by atoms with Crippen LogP contribution in [0.25, 0.3) is 17.0 Å². The Labute approximate surface area is 165 Å². The molecule has 7 heteroatoms. The van der Waals surface area contributed by atoms with E-state index in [1.165, 1.54) is 6.92 Å². The summed E-state index contributed by atoms with van der Waals surface area (Å²) in [5.41, 5.74) is 2.26. The standard InChI is InChI=1S/C21H27BN2O4/c1-13-9-19(26)17-11-15(7-8-18(17)24-13)10-16(12-23-14(2)25)22-27-20(3,4)21(5,6)28-22/h7-11H,12H2,1-6H3,(H,23,25)(H,24,26). The lowest BCUT2D eigenvalue weighted by Crippen LogP contribution is -2.41. The van der Waals surface area contributed by atoms with Crippen molar-refractivity contribution < 1.29 is 14.1 Å². The molecule has 2 N–H and O–H groups in total. The number of pyridine rings is 1. The van der Waals surface area contributed by atoms with Gasteiger partial charge in [0.1, 0.15) is 0 Å². The highest BCUT2D eigenvalue weighted by molar-refractivity contribution is 6.56. The average Bonchev–Trinajstić information content (AvgIpc) is 2.79. The van der Waals surface area contributed by atoms with Crippen LogP contribution in [0.5, 0.6) is 0 Å². The number of hydrogen-bond donors (Lipinski definition) is 2. The Morgan fingerprint density at radius 3 is 2.43 bits per heavy atom. The second kappa shape index (κ2) is 7.22. The third-order valence-corrected chi connectivity index (χ3v) is 5.44. The number of aryl methyl sites for hydroxylation is 1. The maximum atomic E-state index is 12.3. The molecule has 148 valence electrons. The minimum Gasteiger partial charge on any atom is -0.400 e. The van der Waals surface area contributed by atoms with Crippen LogP contribution < -0.4 is 10.7 Å². The van der Waals surface area contributed by atoms with E-state index in [0.717, 1.165) is 22.2 Å². The second-order valence-corrected chi connectivity index (χ2v) is 8.34. The summed E-state index contributed by atoms with van der Waals surface area (Å²) in [6, 6.07) is 7.24. The number of H-pyrrole nitrogens is 1. The van der Waals surface area contributed by atoms with Crippen molar-refractivity contribution >= 4 is 30.0 Å². The van der Waals surface area contributed by atoms with Gasteiger partial charge in [0.15, 0.2) is 5.43 Å². The molecule has 1 amide bonds. The molecule has 6 nitrogen and oxygen atoms in total. The zero-order chi connectivity index (χ0) is 20.7. The van der Waals surface area contributed by atoms with Crippen molar-refractivity contribution in [2.45, 2.75) is 52.7 Å². The van der Waals surface area contributed by atoms with Gasteiger partial charge >= 0.3 is 7.12 Å². The zero-order valence-corrected chi connectivity index (χ0v) is 17.3. The molecule has 1 aliphatic heterocycles. The lowest BCUT2D eigenvalue weighted by molar-refractivity contribution is -0.118. The fourth-order valence-electron chi connectivity index (χ4n) is 3.12. The van der Waals surface area contributed by atoms with Crippen molar-refractivity contribution in [2.75, 3.05) is 6.54 Å². The summed E-state index contributed by atoms with van der Waals surface area (Å²) in [7, 11) is -0.580. The first-order valence-electron chi connectivity index (χ1n) is 9.43. The van der Waals surface area contributed by atoms with Gasteiger partial charge < -0.3 is 19.6 Å². The number of carbonyl (C=O) groups is 1. The molecule has 0 unspecified atom stereocenters. The summed E-state index contributed by atoms with van der Waals surface area (Å²) in [6.45, 7) is 11.6. The van der Waals surface area contributed by atoms with E-state index in [2.05, 4.69) is 10.3 Å². The van der Waals surface area contributed by atoms with E-state index < -0.39 is 18.3 Å². The molecule has 0 spiro atoms. The summed E-state index contributed by atoms with van der Waals surface area (Å²) in [4.78, 5) is 27.0. The molecule has 0 radical (unpaired) electrons. The quantitative estimate of drug-likeness (QED) is 0.797. The number of aromatic amines is 1. The van der Waals surface area contributed by atoms with Crippen molar-refractivity contribution in [3.63, 3.8) is 0 Å². The van der Waals surface area contributed by atoms with Gasteiger partial charge in [0, 0.05) is 36.1 Å². The lowest BCUT2D eigenvalue weighted by atomic mass is 9.77. The van der Waals surface area contributed by atoms with E-state index in [9.17, 15) is 9.59 Å². The molecule has 0 atom stereocenters. The summed E-state index contributed by atoms with van der Waals surface area (Å²) < 4.78 is 12.3. The van der Waals surface area contributed by atoms with E-state index >= 15 is 0 Å². The van der Waals surface area contributed by atoms with Gasteiger partial charge in [-0.3, -0.25) is 9.59 Å². The van der Waals surface area contributed by atoms with Crippen molar-refractivity contribution in [3.05, 3.63) is 51.2 Å². The normalized spacial score (nSPS) is 18.5. The zero-order valence-electron chi connectivity index (χ0n) is 17.3. The maximum absolute atomic E-state index is 12.3. The van der Waals surface area contributed by atoms with Crippen molar-refractivity contribution in [1.29, 1.82) is 0 Å². The van der Waals surface area contributed by atoms with E-state index in [1.54, 1.807) is 6.07 Å². The monoisotopic (exact) mass is 382 g/mol. The summed E-state index contributed by atoms with van der Waals surface area (Å²) >= 11 is 0. The van der Waals surface area contributed by atoms with Gasteiger partial charge in [0.05, 0.1) is 11.2 Å². The smallest absolute Gasteiger partial charge is 0.400 e. The Kier molecular flexibility index (Phi) is 5.25. The number of fused-ring (bicyclic) bond motifs is 1. The van der Waals surface area contributed by atoms with Crippen LogP contribution in [0.3, 0.4) is 0 Å². The topological polar surface area (TPSA) is 80.4 Å². The van der Waals surface area contributed by atoms with Crippen LogP contribution in [0.4, 0.5) is 0 Å². The minimum absolute atomic E-state index is 0.0273. The first kappa shape index (κ1) is 20.4. The van der Waals surface area contributed by atoms with Gasteiger partial charge in [0.2, 0.25) is 5.91 Å². The van der Waals surface area contributed by atoms with Gasteiger partial charge in [-0.2, -0.15) is 0 Å². The number of carbonyl (C=O) groups excluding carboxylic acids is 1. The first-order valence-corrected chi connectivity index (χ1v) is 9.43. The van der Waals surface area contributed by atoms with E-state index in [1.807, 2.05) is 58.9 Å². The Hall–Kier alpha value is -2.38. The van der Waals surface area contributed by atoms with Crippen LogP contribution in [0.1, 0.15) is 45.9 Å². The van der Waals surface area contributed by atoms with Gasteiger partial charge in [0.25, 0.3) is 0 Å². The van der Waals surface area contributed by atoms with Crippen LogP contribution in [0.2, 0.25) is 0 Å². The summed E-state index contributed by atoms with van der Waals surface area (Å²) in [5.74, 6) is -0.132. The molecule has 0 bridgehead atoms. The van der Waals surface area contributed by atoms with Crippen LogP contribution in [-0.4, -0.2) is 35.8 Å². The third kappa shape index (κ3) is 4.05. The lowest BCUT2D eigenvalue weighted by Gasteiger charge is -2.32. The Morgan fingerprint density at radius 2 is 1.82 bits per heavy atom. The largest absolute Gasteiger partial charge is 0.492 e. The highest BCUT2D eigenvalue weighted by Gasteiger charge is 2.52. The number of aromatic nitrogens is 1. The Morgan fingerprint density at radius 1 is 1.18 bits per heavy atom. The van der Waals surface area contributed by atoms with Gasteiger partial charge in [-0.25, -0.2) is 0 Å². The fourth-order valence-corrected chi connectivity index (χ4v) is 3.12. The molecule has 28 heavy (non-hydrogen) atoms. The molecule has 0 saturated carbocycles. The molecular weight excluding hydrogens is 355 g/mol. The molecule has 1 aromatic heterocycles. The number of nitrogens with one attached hydrogen (secondary N) is 2. The minimum atomic E-state index is -0.580. The van der Waals surface area contributed by atoms with Crippen molar-refractivity contribution in [2.24, 2.45) is 0 Å². The number of amides is 1. The Balaban J connectivity index is 2.01. The highest BCUT2D eigenvalue weighted by atomic mass is 16.7. The molecular formula is C21H27BN2O4. The third-order valence-electron chi connectivity index (χ3n) is 5.44. The molecule has 2 heterocycles. The fraction of sp³-hybridized carbons (Fsp3) is 0.429. The van der Waals surface area contributed by atoms with E-state index in [0.29, 0.717) is 11.9 Å². The van der Waals surface area contributed by atoms with Crippen molar-refractivity contribution in [3.8, 4) is 0 Å². The number of rotatable bonds is 4. The molecule has 1 saturated heterocycles. The molecule has 1 fully saturated rings. The van der Waals surface area contributed by atoms with Crippen LogP contribution >= 0.6 is 0 Å². The summed E-state index contributed by atoms with van der Waals surface area (Å²) in [5, 5.41) is 3.44. The van der Waals surface area contributed by atoms with E-state index in [4.69, 9.17) is 9.31 Å². The molecule has 1 aromatic carbocycles. The van der Waals surface area contributed by atoms with E-state index in [-0.39, 0.29) is 11.3 Å². The SMILES string of the molecule is CC(=O)NCC(=Cc1ccc2[nH]c(C)cc(=O)c2c1)B1OC(C)(C)C(C)(C)O1. The Bertz CT molecular complexity index is 991. The molecule has 3 rings (SSSR count). The van der Waals surface area contributed by atoms with Crippen molar-refractivity contribution in [1.82, 2.24) is 10.3 Å². The summed E-state index contributed by atoms with van der Waals surface area (Å²) in [6.07, 6.45) is 1.91. The van der Waals surface area contributed by atoms with Gasteiger partial charge in [-0.1, -0.05) is 12.1 Å². The van der Waals surface area contributed by atoms with Gasteiger partial charge in [-0.15, -0.1) is 0 Å². The molecule has 2 aromatic rings. The van der Waals surface area contributed by atoms with Crippen LogP contribution in [0.15, 0.2) is 34.5 Å². The predicted molar refractivity (Wildman–Crippen MR) is 112 cm³/mol. The maximum Gasteiger partial charge on any atom is 0.492 e. The molecule has 0 aliphatic carbocycles. The van der Waals surface area contributed by atoms with Gasteiger partial charge in [-0.05, 0) is 57.8 Å². The second-order valence-electron chi connectivity index (χ2n) is 8.34. The first-order chi connectivity index (χ1) is 13.0. The number of benzene rings is 1. The average molecular weight is 382 g/mol. The molecule has 1 aliphatic rings. The predicted octanol–water partition coefficient (Wildman–Crippen LogP) is 2.99. The van der Waals surface area contributed by atoms with Crippen LogP contribution in [-0.2, 0) is 14.1 Å². The van der Waals surface area contributed by atoms with Crippen LogP contribution in [0, 0.1) is 6.92 Å².